The van der Waals surface area contributed by atoms with Crippen LogP contribution in [0.3, 0.4) is 0 Å². The van der Waals surface area contributed by atoms with Crippen molar-refractivity contribution in [3.05, 3.63) is 53.2 Å². The summed E-state index contributed by atoms with van der Waals surface area (Å²) < 4.78 is 23.1. The monoisotopic (exact) mass is 292 g/mol. The van der Waals surface area contributed by atoms with Gasteiger partial charge in [-0.15, -0.1) is 0 Å². The summed E-state index contributed by atoms with van der Waals surface area (Å²) in [4.78, 5) is 23.3. The van der Waals surface area contributed by atoms with Crippen LogP contribution in [0.15, 0.2) is 34.7 Å². The average Bonchev–Trinajstić information content (AvgIpc) is 2.97. The lowest BCUT2D eigenvalue weighted by Crippen LogP contribution is -2.12. The fourth-order valence-corrected chi connectivity index (χ4v) is 1.67. The molecule has 2 aromatic rings. The molecule has 110 valence electrons. The van der Waals surface area contributed by atoms with Gasteiger partial charge >= 0.3 is 5.97 Å². The Hall–Kier alpha value is -2.67. The van der Waals surface area contributed by atoms with Crippen molar-refractivity contribution in [2.75, 3.05) is 12.4 Å². The van der Waals surface area contributed by atoms with E-state index in [1.807, 2.05) is 0 Å². The zero-order chi connectivity index (χ0) is 15.4. The molecule has 1 amide bonds. The standard InChI is InChI=1S/C14H13FN2O4/c1-20-14(19)10-6-8(2-4-11(10)15)17-13(18)12-5-3-9(7-16)21-12/h2-6H,7,16H2,1H3,(H,17,18). The van der Waals surface area contributed by atoms with Crippen molar-refractivity contribution in [2.24, 2.45) is 5.73 Å². The molecule has 0 fully saturated rings. The Morgan fingerprint density at radius 1 is 1.33 bits per heavy atom. The molecule has 6 nitrogen and oxygen atoms in total. The Morgan fingerprint density at radius 2 is 2.10 bits per heavy atom. The lowest BCUT2D eigenvalue weighted by atomic mass is 10.2. The summed E-state index contributed by atoms with van der Waals surface area (Å²) in [7, 11) is 1.14. The maximum atomic E-state index is 13.5. The molecule has 1 heterocycles. The van der Waals surface area contributed by atoms with Crippen LogP contribution in [0.25, 0.3) is 0 Å². The zero-order valence-corrected chi connectivity index (χ0v) is 11.2. The van der Waals surface area contributed by atoms with Crippen molar-refractivity contribution in [1.29, 1.82) is 0 Å². The number of rotatable bonds is 4. The quantitative estimate of drug-likeness (QED) is 0.839. The Balaban J connectivity index is 2.19. The van der Waals surface area contributed by atoms with Gasteiger partial charge in [0.15, 0.2) is 5.76 Å². The van der Waals surface area contributed by atoms with Gasteiger partial charge in [0.05, 0.1) is 19.2 Å². The molecule has 0 aliphatic heterocycles. The molecular formula is C14H13FN2O4. The molecule has 0 aliphatic rings. The number of methoxy groups -OCH3 is 1. The first-order valence-electron chi connectivity index (χ1n) is 6.03. The number of ether oxygens (including phenoxy) is 1. The number of anilines is 1. The van der Waals surface area contributed by atoms with Crippen LogP contribution in [-0.4, -0.2) is 19.0 Å². The Bertz CT molecular complexity index is 681. The van der Waals surface area contributed by atoms with E-state index in [1.54, 1.807) is 6.07 Å². The van der Waals surface area contributed by atoms with E-state index in [2.05, 4.69) is 10.1 Å². The molecule has 0 saturated heterocycles. The minimum Gasteiger partial charge on any atom is -0.465 e. The van der Waals surface area contributed by atoms with Gasteiger partial charge in [0.25, 0.3) is 5.91 Å². The molecule has 0 saturated carbocycles. The second-order valence-corrected chi connectivity index (χ2v) is 4.11. The SMILES string of the molecule is COC(=O)c1cc(NC(=O)c2ccc(CN)o2)ccc1F. The molecular weight excluding hydrogens is 279 g/mol. The summed E-state index contributed by atoms with van der Waals surface area (Å²) in [5, 5.41) is 2.49. The minimum absolute atomic E-state index is 0.0689. The molecule has 1 aromatic heterocycles. The number of nitrogens with two attached hydrogens (primary N) is 1. The van der Waals surface area contributed by atoms with Crippen molar-refractivity contribution in [3.63, 3.8) is 0 Å². The van der Waals surface area contributed by atoms with Crippen molar-refractivity contribution < 1.29 is 23.1 Å². The molecule has 0 unspecified atom stereocenters. The highest BCUT2D eigenvalue weighted by Gasteiger charge is 2.15. The number of carbonyl (C=O) groups excluding carboxylic acids is 2. The molecule has 0 bridgehead atoms. The molecule has 3 N–H and O–H groups in total. The highest BCUT2D eigenvalue weighted by Crippen LogP contribution is 2.17. The molecule has 2 rings (SSSR count). The van der Waals surface area contributed by atoms with Gasteiger partial charge in [-0.3, -0.25) is 4.79 Å². The van der Waals surface area contributed by atoms with Crippen LogP contribution in [-0.2, 0) is 11.3 Å². The molecule has 0 aliphatic carbocycles. The minimum atomic E-state index is -0.827. The van der Waals surface area contributed by atoms with E-state index in [4.69, 9.17) is 10.2 Å². The number of halogens is 1. The van der Waals surface area contributed by atoms with Crippen LogP contribution >= 0.6 is 0 Å². The summed E-state index contributed by atoms with van der Waals surface area (Å²) in [6.45, 7) is 0.177. The van der Waals surface area contributed by atoms with Crippen LogP contribution < -0.4 is 11.1 Å². The topological polar surface area (TPSA) is 94.6 Å². The van der Waals surface area contributed by atoms with Crippen molar-refractivity contribution in [1.82, 2.24) is 0 Å². The summed E-state index contributed by atoms with van der Waals surface area (Å²) in [6, 6.07) is 6.63. The van der Waals surface area contributed by atoms with Gasteiger partial charge in [0, 0.05) is 5.69 Å². The second kappa shape index (κ2) is 6.19. The van der Waals surface area contributed by atoms with Crippen molar-refractivity contribution in [2.45, 2.75) is 6.54 Å². The third kappa shape index (κ3) is 3.26. The number of hydrogen-bond donors (Lipinski definition) is 2. The lowest BCUT2D eigenvalue weighted by Gasteiger charge is -2.06. The second-order valence-electron chi connectivity index (χ2n) is 4.11. The molecule has 0 radical (unpaired) electrons. The van der Waals surface area contributed by atoms with Gasteiger partial charge in [-0.05, 0) is 30.3 Å². The zero-order valence-electron chi connectivity index (χ0n) is 11.2. The number of furan rings is 1. The van der Waals surface area contributed by atoms with Gasteiger partial charge in [-0.25, -0.2) is 9.18 Å². The first kappa shape index (κ1) is 14.7. The number of esters is 1. The lowest BCUT2D eigenvalue weighted by molar-refractivity contribution is 0.0595. The molecule has 1 aromatic carbocycles. The molecule has 21 heavy (non-hydrogen) atoms. The highest BCUT2D eigenvalue weighted by molar-refractivity contribution is 6.03. The van der Waals surface area contributed by atoms with E-state index in [0.717, 1.165) is 13.2 Å². The molecule has 0 spiro atoms. The fraction of sp³-hybridized carbons (Fsp3) is 0.143. The van der Waals surface area contributed by atoms with Crippen LogP contribution in [0.2, 0.25) is 0 Å². The highest BCUT2D eigenvalue weighted by atomic mass is 19.1. The van der Waals surface area contributed by atoms with Gasteiger partial charge in [0.2, 0.25) is 0 Å². The van der Waals surface area contributed by atoms with E-state index in [-0.39, 0.29) is 23.6 Å². The third-order valence-electron chi connectivity index (χ3n) is 2.72. The van der Waals surface area contributed by atoms with Crippen LogP contribution in [0.4, 0.5) is 10.1 Å². The van der Waals surface area contributed by atoms with E-state index in [0.29, 0.717) is 5.76 Å². The van der Waals surface area contributed by atoms with E-state index < -0.39 is 17.7 Å². The molecule has 0 atom stereocenters. The summed E-state index contributed by atoms with van der Waals surface area (Å²) >= 11 is 0. The predicted molar refractivity (Wildman–Crippen MR) is 72.3 cm³/mol. The van der Waals surface area contributed by atoms with Crippen LogP contribution in [0.5, 0.6) is 0 Å². The Morgan fingerprint density at radius 3 is 2.71 bits per heavy atom. The van der Waals surface area contributed by atoms with Crippen LogP contribution in [0, 0.1) is 5.82 Å². The number of amides is 1. The number of hydrogen-bond acceptors (Lipinski definition) is 5. The van der Waals surface area contributed by atoms with E-state index >= 15 is 0 Å². The number of carbonyl (C=O) groups is 2. The van der Waals surface area contributed by atoms with Crippen molar-refractivity contribution in [3.8, 4) is 0 Å². The summed E-state index contributed by atoms with van der Waals surface area (Å²) in [5.41, 5.74) is 5.36. The predicted octanol–water partition coefficient (Wildman–Crippen LogP) is 1.92. The third-order valence-corrected chi connectivity index (χ3v) is 2.72. The van der Waals surface area contributed by atoms with Gasteiger partial charge < -0.3 is 20.2 Å². The van der Waals surface area contributed by atoms with E-state index in [1.165, 1.54) is 18.2 Å². The maximum Gasteiger partial charge on any atom is 0.340 e. The maximum absolute atomic E-state index is 13.5. The number of nitrogens with one attached hydrogen (secondary N) is 1. The molecule has 7 heteroatoms. The van der Waals surface area contributed by atoms with Crippen LogP contribution in [0.1, 0.15) is 26.7 Å². The summed E-state index contributed by atoms with van der Waals surface area (Å²) in [5.74, 6) is -1.55. The van der Waals surface area contributed by atoms with Crippen molar-refractivity contribution >= 4 is 17.6 Å². The first-order chi connectivity index (χ1) is 10.0. The number of benzene rings is 1. The Labute approximate surface area is 119 Å². The Kier molecular flexibility index (Phi) is 4.34. The van der Waals surface area contributed by atoms with E-state index in [9.17, 15) is 14.0 Å². The average molecular weight is 292 g/mol. The van der Waals surface area contributed by atoms with Gasteiger partial charge in [0.1, 0.15) is 11.6 Å². The van der Waals surface area contributed by atoms with Gasteiger partial charge in [-0.2, -0.15) is 0 Å². The first-order valence-corrected chi connectivity index (χ1v) is 6.03. The fourth-order valence-electron chi connectivity index (χ4n) is 1.67. The van der Waals surface area contributed by atoms with Gasteiger partial charge in [-0.1, -0.05) is 0 Å². The largest absolute Gasteiger partial charge is 0.465 e. The normalized spacial score (nSPS) is 10.2. The summed E-state index contributed by atoms with van der Waals surface area (Å²) in [6.07, 6.45) is 0. The smallest absolute Gasteiger partial charge is 0.340 e.